The summed E-state index contributed by atoms with van der Waals surface area (Å²) in [6, 6.07) is 10.5. The molecule has 1 aliphatic carbocycles. The van der Waals surface area contributed by atoms with Gasteiger partial charge in [0.15, 0.2) is 0 Å². The van der Waals surface area contributed by atoms with Crippen molar-refractivity contribution in [2.24, 2.45) is 5.92 Å². The van der Waals surface area contributed by atoms with E-state index >= 15 is 0 Å². The summed E-state index contributed by atoms with van der Waals surface area (Å²) in [6.07, 6.45) is 4.76. The highest BCUT2D eigenvalue weighted by molar-refractivity contribution is 5.98. The lowest BCUT2D eigenvalue weighted by atomic mass is 9.79. The molecule has 17 heavy (non-hydrogen) atoms. The molecule has 4 rings (SSSR count). The lowest BCUT2D eigenvalue weighted by Gasteiger charge is -2.22. The lowest BCUT2D eigenvalue weighted by molar-refractivity contribution is 0.0835. The molecule has 1 fully saturated rings. The average molecular weight is 225 g/mol. The van der Waals surface area contributed by atoms with Gasteiger partial charge in [0.25, 0.3) is 0 Å². The fraction of sp³-hybridized carbons (Fsp3) is 0.400. The van der Waals surface area contributed by atoms with Crippen LogP contribution < -0.4 is 0 Å². The molecule has 2 aliphatic rings. The Kier molecular flexibility index (Phi) is 1.79. The summed E-state index contributed by atoms with van der Waals surface area (Å²) in [7, 11) is 0. The minimum atomic E-state index is 0.267. The maximum Gasteiger partial charge on any atom is 0.235 e. The van der Waals surface area contributed by atoms with E-state index in [0.29, 0.717) is 11.8 Å². The van der Waals surface area contributed by atoms with Gasteiger partial charge in [0, 0.05) is 22.9 Å². The molecular formula is C15H15NO. The molecule has 1 saturated carbocycles. The first kappa shape index (κ1) is 9.46. The molecule has 2 atom stereocenters. The Morgan fingerprint density at radius 2 is 1.82 bits per heavy atom. The van der Waals surface area contributed by atoms with Crippen molar-refractivity contribution in [3.05, 3.63) is 36.0 Å². The van der Waals surface area contributed by atoms with E-state index in [4.69, 9.17) is 0 Å². The van der Waals surface area contributed by atoms with Crippen LogP contribution >= 0.6 is 0 Å². The van der Waals surface area contributed by atoms with Gasteiger partial charge in [-0.25, -0.2) is 0 Å². The van der Waals surface area contributed by atoms with Crippen LogP contribution in [0.4, 0.5) is 0 Å². The number of benzene rings is 1. The molecule has 0 N–H and O–H groups in total. The third-order valence-corrected chi connectivity index (χ3v) is 4.42. The van der Waals surface area contributed by atoms with E-state index in [0.717, 1.165) is 11.9 Å². The van der Waals surface area contributed by atoms with E-state index in [-0.39, 0.29) is 5.92 Å². The number of carbonyl (C=O) groups excluding carboxylic acids is 1. The van der Waals surface area contributed by atoms with Crippen molar-refractivity contribution in [2.45, 2.75) is 31.6 Å². The summed E-state index contributed by atoms with van der Waals surface area (Å²) in [5, 5.41) is 1.21. The molecule has 0 radical (unpaired) electrons. The Labute approximate surface area is 100 Å². The summed E-state index contributed by atoms with van der Waals surface area (Å²) in [5.41, 5.74) is 2.36. The van der Waals surface area contributed by atoms with Crippen LogP contribution in [-0.4, -0.2) is 10.5 Å². The second-order valence-corrected chi connectivity index (χ2v) is 5.30. The van der Waals surface area contributed by atoms with E-state index in [1.165, 1.54) is 30.3 Å². The fourth-order valence-corrected chi connectivity index (χ4v) is 3.64. The van der Waals surface area contributed by atoms with Gasteiger partial charge < -0.3 is 0 Å². The zero-order chi connectivity index (χ0) is 11.4. The van der Waals surface area contributed by atoms with Crippen molar-refractivity contribution in [1.29, 1.82) is 0 Å². The highest BCUT2D eigenvalue weighted by Gasteiger charge is 2.41. The van der Waals surface area contributed by atoms with Crippen LogP contribution in [0.2, 0.25) is 0 Å². The van der Waals surface area contributed by atoms with Crippen molar-refractivity contribution in [2.75, 3.05) is 0 Å². The van der Waals surface area contributed by atoms with Crippen molar-refractivity contribution < 1.29 is 4.79 Å². The van der Waals surface area contributed by atoms with E-state index in [2.05, 4.69) is 18.2 Å². The molecule has 1 aromatic carbocycles. The van der Waals surface area contributed by atoms with Gasteiger partial charge >= 0.3 is 0 Å². The summed E-state index contributed by atoms with van der Waals surface area (Å²) < 4.78 is 1.98. The Morgan fingerprint density at radius 3 is 2.71 bits per heavy atom. The zero-order valence-electron chi connectivity index (χ0n) is 9.73. The fourth-order valence-electron chi connectivity index (χ4n) is 3.64. The predicted octanol–water partition coefficient (Wildman–Crippen LogP) is 3.57. The van der Waals surface area contributed by atoms with E-state index in [9.17, 15) is 4.79 Å². The molecule has 2 aromatic rings. The monoisotopic (exact) mass is 225 g/mol. The summed E-state index contributed by atoms with van der Waals surface area (Å²) in [5.74, 6) is 1.10. The van der Waals surface area contributed by atoms with Crippen molar-refractivity contribution in [3.8, 4) is 0 Å². The van der Waals surface area contributed by atoms with Gasteiger partial charge in [0.05, 0.1) is 5.52 Å². The van der Waals surface area contributed by atoms with Gasteiger partial charge in [-0.3, -0.25) is 9.36 Å². The first-order chi connectivity index (χ1) is 8.36. The van der Waals surface area contributed by atoms with Crippen molar-refractivity contribution >= 4 is 16.8 Å². The molecule has 2 heteroatoms. The average Bonchev–Trinajstić information content (AvgIpc) is 2.88. The van der Waals surface area contributed by atoms with Gasteiger partial charge in [-0.05, 0) is 25.0 Å². The second kappa shape index (κ2) is 3.22. The predicted molar refractivity (Wildman–Crippen MR) is 67.3 cm³/mol. The summed E-state index contributed by atoms with van der Waals surface area (Å²) in [6.45, 7) is 0. The molecule has 2 heterocycles. The molecule has 1 aliphatic heterocycles. The van der Waals surface area contributed by atoms with E-state index in [1.807, 2.05) is 16.7 Å². The highest BCUT2D eigenvalue weighted by Crippen LogP contribution is 2.45. The maximum atomic E-state index is 12.5. The highest BCUT2D eigenvalue weighted by atomic mass is 16.2. The van der Waals surface area contributed by atoms with Crippen LogP contribution in [-0.2, 0) is 0 Å². The molecule has 1 aromatic heterocycles. The Bertz CT molecular complexity index is 610. The van der Waals surface area contributed by atoms with Gasteiger partial charge in [-0.1, -0.05) is 31.0 Å². The van der Waals surface area contributed by atoms with Crippen molar-refractivity contribution in [1.82, 2.24) is 4.57 Å². The number of rotatable bonds is 0. The van der Waals surface area contributed by atoms with Gasteiger partial charge in [0.2, 0.25) is 5.91 Å². The largest absolute Gasteiger partial charge is 0.284 e. The molecule has 0 bridgehead atoms. The van der Waals surface area contributed by atoms with Crippen LogP contribution in [0.5, 0.6) is 0 Å². The summed E-state index contributed by atoms with van der Waals surface area (Å²) in [4.78, 5) is 12.5. The van der Waals surface area contributed by atoms with E-state index < -0.39 is 0 Å². The molecule has 86 valence electrons. The summed E-state index contributed by atoms with van der Waals surface area (Å²) >= 11 is 0. The number of hydrogen-bond acceptors (Lipinski definition) is 1. The number of fused-ring (bicyclic) bond motifs is 5. The van der Waals surface area contributed by atoms with Crippen LogP contribution in [0.3, 0.4) is 0 Å². The molecule has 0 saturated heterocycles. The molecule has 0 amide bonds. The molecular weight excluding hydrogens is 210 g/mol. The van der Waals surface area contributed by atoms with Crippen LogP contribution in [0, 0.1) is 5.92 Å². The first-order valence-corrected chi connectivity index (χ1v) is 6.51. The van der Waals surface area contributed by atoms with Crippen molar-refractivity contribution in [3.63, 3.8) is 0 Å². The Balaban J connectivity index is 1.99. The van der Waals surface area contributed by atoms with Crippen LogP contribution in [0.1, 0.15) is 42.1 Å². The number of aromatic nitrogens is 1. The van der Waals surface area contributed by atoms with Gasteiger partial charge in [0.1, 0.15) is 0 Å². The third kappa shape index (κ3) is 1.13. The van der Waals surface area contributed by atoms with Gasteiger partial charge in [-0.15, -0.1) is 0 Å². The minimum absolute atomic E-state index is 0.267. The SMILES string of the molecule is O=C1[C@H]2CCCC[C@@H]2c2cc3ccccc3n21. The number of nitrogens with zero attached hydrogens (tertiary/aromatic N) is 1. The first-order valence-electron chi connectivity index (χ1n) is 6.51. The third-order valence-electron chi connectivity index (χ3n) is 4.42. The smallest absolute Gasteiger partial charge is 0.235 e. The number of hydrogen-bond donors (Lipinski definition) is 0. The van der Waals surface area contributed by atoms with Crippen LogP contribution in [0.25, 0.3) is 10.9 Å². The minimum Gasteiger partial charge on any atom is -0.284 e. The number of para-hydroxylation sites is 1. The number of carbonyl (C=O) groups is 1. The normalized spacial score (nSPS) is 27.2. The van der Waals surface area contributed by atoms with Gasteiger partial charge in [-0.2, -0.15) is 0 Å². The Hall–Kier alpha value is -1.57. The topological polar surface area (TPSA) is 22.0 Å². The Morgan fingerprint density at radius 1 is 1.06 bits per heavy atom. The zero-order valence-corrected chi connectivity index (χ0v) is 9.73. The second-order valence-electron chi connectivity index (χ2n) is 5.30. The van der Waals surface area contributed by atoms with Crippen LogP contribution in [0.15, 0.2) is 30.3 Å². The molecule has 2 nitrogen and oxygen atoms in total. The standard InChI is InChI=1S/C15H15NO/c17-15-12-7-3-2-6-11(12)14-9-10-5-1-4-8-13(10)16(14)15/h1,4-5,8-9,11-12H,2-3,6-7H2/t11-,12-/m0/s1. The van der Waals surface area contributed by atoms with E-state index in [1.54, 1.807) is 0 Å². The quantitative estimate of drug-likeness (QED) is 0.671. The molecule has 0 unspecified atom stereocenters. The molecule has 0 spiro atoms. The lowest BCUT2D eigenvalue weighted by Crippen LogP contribution is -2.19. The maximum absolute atomic E-state index is 12.5.